The minimum atomic E-state index is -1.28. The summed E-state index contributed by atoms with van der Waals surface area (Å²) in [7, 11) is 0. The summed E-state index contributed by atoms with van der Waals surface area (Å²) in [6, 6.07) is 0. The number of hydrogen-bond donors (Lipinski definition) is 3. The van der Waals surface area contributed by atoms with Crippen molar-refractivity contribution in [1.29, 1.82) is 0 Å². The molecule has 0 aliphatic heterocycles. The van der Waals surface area contributed by atoms with Gasteiger partial charge >= 0.3 is 5.97 Å². The second kappa shape index (κ2) is 19.9. The van der Waals surface area contributed by atoms with Crippen molar-refractivity contribution in [3.8, 4) is 0 Å². The normalized spacial score (nSPS) is 14.3. The molecule has 0 aliphatic carbocycles. The Morgan fingerprint density at radius 2 is 1.31 bits per heavy atom. The average Bonchev–Trinajstić information content (AvgIpc) is 2.80. The van der Waals surface area contributed by atoms with Gasteiger partial charge in [0.2, 0.25) is 0 Å². The number of esters is 1. The molecule has 0 spiro atoms. The van der Waals surface area contributed by atoms with Crippen LogP contribution >= 0.6 is 0 Å². The third-order valence-electron chi connectivity index (χ3n) is 6.94. The summed E-state index contributed by atoms with van der Waals surface area (Å²) >= 11 is 0. The van der Waals surface area contributed by atoms with Crippen molar-refractivity contribution in [1.82, 2.24) is 0 Å². The zero-order chi connectivity index (χ0) is 26.7. The van der Waals surface area contributed by atoms with Gasteiger partial charge in [0.05, 0.1) is 25.2 Å². The number of ketones is 1. The van der Waals surface area contributed by atoms with Gasteiger partial charge in [0.1, 0.15) is 18.8 Å². The first kappa shape index (κ1) is 33.8. The number of carbonyl (C=O) groups is 2. The van der Waals surface area contributed by atoms with Crippen LogP contribution in [-0.2, 0) is 14.3 Å². The highest BCUT2D eigenvalue weighted by molar-refractivity contribution is 5.95. The van der Waals surface area contributed by atoms with Crippen molar-refractivity contribution >= 4 is 11.8 Å². The maximum absolute atomic E-state index is 12.0. The Hall–Kier alpha value is -1.24. The van der Waals surface area contributed by atoms with Crippen molar-refractivity contribution in [2.75, 3.05) is 26.4 Å². The summed E-state index contributed by atoms with van der Waals surface area (Å²) in [6.07, 6.45) is 14.1. The van der Waals surface area contributed by atoms with Gasteiger partial charge in [-0.2, -0.15) is 0 Å². The fourth-order valence-corrected chi connectivity index (χ4v) is 4.11. The average molecular weight is 499 g/mol. The Morgan fingerprint density at radius 1 is 0.800 bits per heavy atom. The third-order valence-corrected chi connectivity index (χ3v) is 6.94. The van der Waals surface area contributed by atoms with Crippen LogP contribution < -0.4 is 0 Å². The van der Waals surface area contributed by atoms with E-state index in [1.807, 2.05) is 0 Å². The predicted octanol–water partition coefficient (Wildman–Crippen LogP) is 5.62. The lowest BCUT2D eigenvalue weighted by Gasteiger charge is -2.26. The smallest absolute Gasteiger partial charge is 0.313 e. The van der Waals surface area contributed by atoms with Crippen molar-refractivity contribution in [2.24, 2.45) is 23.2 Å². The molecule has 0 saturated carbocycles. The summed E-state index contributed by atoms with van der Waals surface area (Å²) < 4.78 is 4.97. The van der Waals surface area contributed by atoms with Gasteiger partial charge in [0.25, 0.3) is 0 Å². The van der Waals surface area contributed by atoms with Crippen LogP contribution in [0.15, 0.2) is 11.6 Å². The van der Waals surface area contributed by atoms with Crippen molar-refractivity contribution in [3.63, 3.8) is 0 Å². The molecule has 0 heterocycles. The lowest BCUT2D eigenvalue weighted by molar-refractivity contribution is -0.152. The first-order valence-corrected chi connectivity index (χ1v) is 13.7. The second-order valence-corrected chi connectivity index (χ2v) is 11.3. The molecule has 0 amide bonds. The van der Waals surface area contributed by atoms with Crippen LogP contribution in [0, 0.1) is 23.2 Å². The fourth-order valence-electron chi connectivity index (χ4n) is 4.11. The van der Waals surface area contributed by atoms with Crippen molar-refractivity contribution in [2.45, 2.75) is 112 Å². The highest BCUT2D eigenvalue weighted by Gasteiger charge is 2.30. The molecule has 0 aromatic heterocycles. The van der Waals surface area contributed by atoms with Gasteiger partial charge in [-0.05, 0) is 43.9 Å². The standard InChI is InChI=1S/C29H54O6/c1-23(2)10-6-11-24(3)12-7-13-25(4)14-8-15-26(5)16-9-17-27(33)18-28(34)35-22-29(19-30,20-31)21-32/h16,23-25,30-32H,6-15,17-22H2,1-5H3/b26-16+. The molecule has 0 bridgehead atoms. The lowest BCUT2D eigenvalue weighted by atomic mass is 9.91. The maximum atomic E-state index is 12.0. The minimum absolute atomic E-state index is 0.200. The highest BCUT2D eigenvalue weighted by atomic mass is 16.5. The van der Waals surface area contributed by atoms with Crippen LogP contribution in [0.3, 0.4) is 0 Å². The zero-order valence-electron chi connectivity index (χ0n) is 23.2. The molecule has 0 saturated heterocycles. The molecule has 0 aromatic carbocycles. The zero-order valence-corrected chi connectivity index (χ0v) is 23.2. The van der Waals surface area contributed by atoms with E-state index in [1.54, 1.807) is 0 Å². The van der Waals surface area contributed by atoms with E-state index < -0.39 is 31.2 Å². The molecule has 6 heteroatoms. The van der Waals surface area contributed by atoms with Gasteiger partial charge in [0.15, 0.2) is 0 Å². The molecule has 0 rings (SSSR count). The van der Waals surface area contributed by atoms with Crippen LogP contribution in [0.4, 0.5) is 0 Å². The largest absolute Gasteiger partial charge is 0.464 e. The van der Waals surface area contributed by atoms with E-state index >= 15 is 0 Å². The van der Waals surface area contributed by atoms with E-state index in [0.29, 0.717) is 6.42 Å². The number of rotatable bonds is 22. The van der Waals surface area contributed by atoms with Crippen LogP contribution in [0.5, 0.6) is 0 Å². The molecule has 2 atom stereocenters. The van der Waals surface area contributed by atoms with Gasteiger partial charge in [-0.15, -0.1) is 0 Å². The van der Waals surface area contributed by atoms with E-state index in [0.717, 1.165) is 30.6 Å². The molecule has 2 unspecified atom stereocenters. The van der Waals surface area contributed by atoms with Gasteiger partial charge in [-0.3, -0.25) is 9.59 Å². The van der Waals surface area contributed by atoms with E-state index in [2.05, 4.69) is 40.7 Å². The molecular weight excluding hydrogens is 444 g/mol. The molecule has 206 valence electrons. The lowest BCUT2D eigenvalue weighted by Crippen LogP contribution is -2.39. The van der Waals surface area contributed by atoms with Crippen LogP contribution in [0.25, 0.3) is 0 Å². The Labute approximate surface area is 214 Å². The number of allylic oxidation sites excluding steroid dienone is 2. The molecule has 0 fully saturated rings. The number of Topliss-reactive ketones (excluding diaryl/α,β-unsaturated/α-hetero) is 1. The molecule has 6 nitrogen and oxygen atoms in total. The molecule has 0 aromatic rings. The Morgan fingerprint density at radius 3 is 1.83 bits per heavy atom. The molecule has 0 aliphatic rings. The summed E-state index contributed by atoms with van der Waals surface area (Å²) in [6.45, 7) is 9.58. The fraction of sp³-hybridized carbons (Fsp3) is 0.862. The number of aliphatic hydroxyl groups is 3. The maximum Gasteiger partial charge on any atom is 0.313 e. The van der Waals surface area contributed by atoms with E-state index in [4.69, 9.17) is 4.74 Å². The molecule has 0 radical (unpaired) electrons. The second-order valence-electron chi connectivity index (χ2n) is 11.3. The first-order chi connectivity index (χ1) is 16.6. The van der Waals surface area contributed by atoms with Crippen molar-refractivity contribution < 1.29 is 29.6 Å². The Bertz CT molecular complexity index is 586. The summed E-state index contributed by atoms with van der Waals surface area (Å²) in [5.41, 5.74) is 0.00623. The summed E-state index contributed by atoms with van der Waals surface area (Å²) in [5.74, 6) is 1.50. The molecule has 3 N–H and O–H groups in total. The van der Waals surface area contributed by atoms with Gasteiger partial charge in [-0.25, -0.2) is 0 Å². The predicted molar refractivity (Wildman–Crippen MR) is 142 cm³/mol. The monoisotopic (exact) mass is 498 g/mol. The number of aliphatic hydroxyl groups excluding tert-OH is 3. The number of ether oxygens (including phenoxy) is 1. The van der Waals surface area contributed by atoms with Crippen LogP contribution in [0.2, 0.25) is 0 Å². The van der Waals surface area contributed by atoms with E-state index in [-0.39, 0.29) is 25.2 Å². The van der Waals surface area contributed by atoms with Crippen molar-refractivity contribution in [3.05, 3.63) is 11.6 Å². The van der Waals surface area contributed by atoms with Crippen LogP contribution in [0.1, 0.15) is 112 Å². The third kappa shape index (κ3) is 17.8. The summed E-state index contributed by atoms with van der Waals surface area (Å²) in [5, 5.41) is 27.7. The SMILES string of the molecule is C/C(=C\CCC(=O)CC(=O)OCC(CO)(CO)CO)CCCC(C)CCCC(C)CCCC(C)C. The number of hydrogen-bond acceptors (Lipinski definition) is 6. The topological polar surface area (TPSA) is 104 Å². The quantitative estimate of drug-likeness (QED) is 0.102. The van der Waals surface area contributed by atoms with Gasteiger partial charge in [-0.1, -0.05) is 84.3 Å². The molecular formula is C29H54O6. The summed E-state index contributed by atoms with van der Waals surface area (Å²) in [4.78, 5) is 23.9. The van der Waals surface area contributed by atoms with E-state index in [9.17, 15) is 24.9 Å². The Balaban J connectivity index is 3.97. The van der Waals surface area contributed by atoms with Crippen LogP contribution in [-0.4, -0.2) is 53.5 Å². The minimum Gasteiger partial charge on any atom is -0.464 e. The highest BCUT2D eigenvalue weighted by Crippen LogP contribution is 2.22. The number of carbonyl (C=O) groups excluding carboxylic acids is 2. The Kier molecular flexibility index (Phi) is 19.2. The first-order valence-electron chi connectivity index (χ1n) is 13.7. The van der Waals surface area contributed by atoms with Gasteiger partial charge < -0.3 is 20.1 Å². The van der Waals surface area contributed by atoms with Gasteiger partial charge in [0, 0.05) is 6.42 Å². The van der Waals surface area contributed by atoms with E-state index in [1.165, 1.54) is 50.5 Å². The molecule has 35 heavy (non-hydrogen) atoms.